The first-order chi connectivity index (χ1) is 8.58. The number of nitrogens with one attached hydrogen (secondary N) is 1. The quantitative estimate of drug-likeness (QED) is 0.681. The lowest BCUT2D eigenvalue weighted by molar-refractivity contribution is -0.384. The van der Waals surface area contributed by atoms with Crippen LogP contribution in [-0.2, 0) is 0 Å². The number of halogens is 1. The first-order valence-corrected chi connectivity index (χ1v) is 6.06. The molecular formula is C11H10FN3O2S. The third kappa shape index (κ3) is 2.62. The predicted octanol–water partition coefficient (Wildman–Crippen LogP) is 3.36. The van der Waals surface area contributed by atoms with E-state index in [2.05, 4.69) is 10.3 Å². The molecule has 94 valence electrons. The normalized spacial score (nSPS) is 12.1. The summed E-state index contributed by atoms with van der Waals surface area (Å²) < 4.78 is 13.1. The van der Waals surface area contributed by atoms with Crippen LogP contribution in [-0.4, -0.2) is 9.91 Å². The summed E-state index contributed by atoms with van der Waals surface area (Å²) in [5.41, 5.74) is 0.00232. The molecule has 0 aliphatic carbocycles. The van der Waals surface area contributed by atoms with Gasteiger partial charge in [-0.2, -0.15) is 0 Å². The van der Waals surface area contributed by atoms with Crippen molar-refractivity contribution < 1.29 is 9.31 Å². The Balaban J connectivity index is 2.28. The minimum Gasteiger partial charge on any atom is -0.370 e. The number of nitro benzene ring substituents is 1. The van der Waals surface area contributed by atoms with Crippen molar-refractivity contribution >= 4 is 22.7 Å². The second-order valence-electron chi connectivity index (χ2n) is 3.65. The van der Waals surface area contributed by atoms with Crippen molar-refractivity contribution in [3.63, 3.8) is 0 Å². The van der Waals surface area contributed by atoms with E-state index in [0.29, 0.717) is 0 Å². The standard InChI is InChI=1S/C11H10FN3O2S/c1-7(11-13-4-5-18-11)14-9-6-8(12)2-3-10(9)15(16)17/h2-7,14H,1H3. The van der Waals surface area contributed by atoms with E-state index in [1.807, 2.05) is 12.3 Å². The number of benzene rings is 1. The Morgan fingerprint density at radius 1 is 1.56 bits per heavy atom. The SMILES string of the molecule is CC(Nc1cc(F)ccc1[N+](=O)[O-])c1nccs1. The molecule has 0 radical (unpaired) electrons. The highest BCUT2D eigenvalue weighted by molar-refractivity contribution is 7.09. The molecule has 1 heterocycles. The highest BCUT2D eigenvalue weighted by Crippen LogP contribution is 2.29. The Kier molecular flexibility index (Phi) is 3.52. The van der Waals surface area contributed by atoms with Crippen LogP contribution in [0, 0.1) is 15.9 Å². The van der Waals surface area contributed by atoms with E-state index in [1.165, 1.54) is 11.3 Å². The first kappa shape index (κ1) is 12.4. The Hall–Kier alpha value is -2.02. The first-order valence-electron chi connectivity index (χ1n) is 5.18. The van der Waals surface area contributed by atoms with Crippen molar-refractivity contribution in [3.8, 4) is 0 Å². The maximum Gasteiger partial charge on any atom is 0.292 e. The van der Waals surface area contributed by atoms with Crippen molar-refractivity contribution in [1.82, 2.24) is 4.98 Å². The molecule has 5 nitrogen and oxygen atoms in total. The lowest BCUT2D eigenvalue weighted by Crippen LogP contribution is -2.08. The predicted molar refractivity (Wildman–Crippen MR) is 67.2 cm³/mol. The van der Waals surface area contributed by atoms with E-state index >= 15 is 0 Å². The van der Waals surface area contributed by atoms with E-state index in [1.54, 1.807) is 6.20 Å². The maximum atomic E-state index is 13.1. The lowest BCUT2D eigenvalue weighted by atomic mass is 10.2. The fraction of sp³-hybridized carbons (Fsp3) is 0.182. The number of thiazole rings is 1. The summed E-state index contributed by atoms with van der Waals surface area (Å²) in [7, 11) is 0. The zero-order valence-electron chi connectivity index (χ0n) is 9.46. The van der Waals surface area contributed by atoms with Crippen LogP contribution in [0.4, 0.5) is 15.8 Å². The average Bonchev–Trinajstić information content (AvgIpc) is 2.81. The second kappa shape index (κ2) is 5.09. The zero-order chi connectivity index (χ0) is 13.1. The van der Waals surface area contributed by atoms with Crippen LogP contribution in [0.1, 0.15) is 18.0 Å². The molecule has 0 saturated heterocycles. The van der Waals surface area contributed by atoms with Gasteiger partial charge in [-0.05, 0) is 13.0 Å². The van der Waals surface area contributed by atoms with Gasteiger partial charge in [0.15, 0.2) is 0 Å². The molecule has 7 heteroatoms. The molecule has 0 amide bonds. The zero-order valence-corrected chi connectivity index (χ0v) is 10.3. The molecule has 1 aromatic heterocycles. The number of hydrogen-bond donors (Lipinski definition) is 1. The summed E-state index contributed by atoms with van der Waals surface area (Å²) >= 11 is 1.43. The monoisotopic (exact) mass is 267 g/mol. The third-order valence-corrected chi connectivity index (χ3v) is 3.31. The minimum absolute atomic E-state index is 0.153. The molecule has 1 N–H and O–H groups in total. The maximum absolute atomic E-state index is 13.1. The number of aromatic nitrogens is 1. The lowest BCUT2D eigenvalue weighted by Gasteiger charge is -2.12. The molecule has 2 rings (SSSR count). The van der Waals surface area contributed by atoms with Crippen LogP contribution in [0.3, 0.4) is 0 Å². The summed E-state index contributed by atoms with van der Waals surface area (Å²) in [5.74, 6) is -0.519. The Bertz CT molecular complexity index is 559. The van der Waals surface area contributed by atoms with E-state index in [4.69, 9.17) is 0 Å². The largest absolute Gasteiger partial charge is 0.370 e. The van der Waals surface area contributed by atoms with Gasteiger partial charge >= 0.3 is 0 Å². The molecule has 0 aliphatic rings. The van der Waals surface area contributed by atoms with Crippen molar-refractivity contribution in [2.75, 3.05) is 5.32 Å². The Morgan fingerprint density at radius 3 is 2.94 bits per heavy atom. The fourth-order valence-corrected chi connectivity index (χ4v) is 2.17. The summed E-state index contributed by atoms with van der Waals surface area (Å²) in [6, 6.07) is 3.11. The molecule has 0 aliphatic heterocycles. The van der Waals surface area contributed by atoms with Gasteiger partial charge < -0.3 is 5.32 Å². The Morgan fingerprint density at radius 2 is 2.33 bits per heavy atom. The highest BCUT2D eigenvalue weighted by Gasteiger charge is 2.17. The Labute approximate surface area is 106 Å². The smallest absolute Gasteiger partial charge is 0.292 e. The van der Waals surface area contributed by atoms with E-state index in [0.717, 1.165) is 23.2 Å². The van der Waals surface area contributed by atoms with Crippen molar-refractivity contribution in [1.29, 1.82) is 0 Å². The summed E-state index contributed by atoms with van der Waals surface area (Å²) in [4.78, 5) is 14.4. The molecular weight excluding hydrogens is 257 g/mol. The average molecular weight is 267 g/mol. The minimum atomic E-state index is -0.545. The van der Waals surface area contributed by atoms with Gasteiger partial charge in [0.1, 0.15) is 16.5 Å². The van der Waals surface area contributed by atoms with Crippen LogP contribution in [0.5, 0.6) is 0 Å². The molecule has 0 fully saturated rings. The van der Waals surface area contributed by atoms with Crippen LogP contribution >= 0.6 is 11.3 Å². The molecule has 1 aromatic carbocycles. The number of anilines is 1. The molecule has 18 heavy (non-hydrogen) atoms. The van der Waals surface area contributed by atoms with Gasteiger partial charge in [-0.1, -0.05) is 0 Å². The molecule has 0 saturated carbocycles. The molecule has 1 unspecified atom stereocenters. The van der Waals surface area contributed by atoms with E-state index < -0.39 is 10.7 Å². The summed E-state index contributed by atoms with van der Waals surface area (Å²) in [6.07, 6.45) is 1.65. The third-order valence-electron chi connectivity index (χ3n) is 2.35. The topological polar surface area (TPSA) is 68.1 Å². The van der Waals surface area contributed by atoms with Gasteiger partial charge in [-0.3, -0.25) is 10.1 Å². The van der Waals surface area contributed by atoms with Gasteiger partial charge in [0, 0.05) is 23.7 Å². The van der Waals surface area contributed by atoms with Crippen LogP contribution in [0.25, 0.3) is 0 Å². The van der Waals surface area contributed by atoms with Crippen LogP contribution in [0.2, 0.25) is 0 Å². The van der Waals surface area contributed by atoms with Crippen LogP contribution < -0.4 is 5.32 Å². The van der Waals surface area contributed by atoms with E-state index in [-0.39, 0.29) is 17.4 Å². The van der Waals surface area contributed by atoms with Gasteiger partial charge in [-0.25, -0.2) is 9.37 Å². The van der Waals surface area contributed by atoms with Crippen molar-refractivity contribution in [2.24, 2.45) is 0 Å². The highest BCUT2D eigenvalue weighted by atomic mass is 32.1. The summed E-state index contributed by atoms with van der Waals surface area (Å²) in [6.45, 7) is 1.81. The number of rotatable bonds is 4. The number of nitro groups is 1. The van der Waals surface area contributed by atoms with E-state index in [9.17, 15) is 14.5 Å². The van der Waals surface area contributed by atoms with Crippen LogP contribution in [0.15, 0.2) is 29.8 Å². The van der Waals surface area contributed by atoms with Gasteiger partial charge in [-0.15, -0.1) is 11.3 Å². The number of hydrogen-bond acceptors (Lipinski definition) is 5. The van der Waals surface area contributed by atoms with Gasteiger partial charge in [0.25, 0.3) is 5.69 Å². The number of nitrogens with zero attached hydrogens (tertiary/aromatic N) is 2. The second-order valence-corrected chi connectivity index (χ2v) is 4.58. The molecule has 0 bridgehead atoms. The molecule has 0 spiro atoms. The molecule has 1 atom stereocenters. The van der Waals surface area contributed by atoms with Gasteiger partial charge in [0.2, 0.25) is 0 Å². The fourth-order valence-electron chi connectivity index (χ4n) is 1.53. The molecule has 2 aromatic rings. The van der Waals surface area contributed by atoms with Gasteiger partial charge in [0.05, 0.1) is 11.0 Å². The summed E-state index contributed by atoms with van der Waals surface area (Å²) in [5, 5.41) is 16.3. The van der Waals surface area contributed by atoms with Crippen molar-refractivity contribution in [3.05, 3.63) is 50.7 Å². The van der Waals surface area contributed by atoms with Crippen molar-refractivity contribution in [2.45, 2.75) is 13.0 Å².